The Bertz CT molecular complexity index is 529. The summed E-state index contributed by atoms with van der Waals surface area (Å²) in [6, 6.07) is 1.43. The number of rotatable bonds is 5. The van der Waals surface area contributed by atoms with Gasteiger partial charge in [-0.15, -0.1) is 0 Å². The van der Waals surface area contributed by atoms with Crippen LogP contribution < -0.4 is 10.9 Å². The molecule has 0 aliphatic carbocycles. The normalized spacial score (nSPS) is 17.9. The monoisotopic (exact) mass is 296 g/mol. The number of carbonyl (C=O) groups is 1. The first-order valence-electron chi connectivity index (χ1n) is 6.69. The highest BCUT2D eigenvalue weighted by Crippen LogP contribution is 2.24. The number of nitrogens with zero attached hydrogens (tertiary/aromatic N) is 3. The minimum Gasteiger partial charge on any atom is -0.356 e. The molecule has 2 heterocycles. The van der Waals surface area contributed by atoms with E-state index in [1.165, 1.54) is 24.0 Å². The minimum atomic E-state index is -0.159. The van der Waals surface area contributed by atoms with Gasteiger partial charge in [-0.05, 0) is 27.1 Å². The molecule has 0 saturated heterocycles. The summed E-state index contributed by atoms with van der Waals surface area (Å²) in [4.78, 5) is 30.1. The molecule has 1 amide bonds. The van der Waals surface area contributed by atoms with Crippen molar-refractivity contribution < 1.29 is 4.79 Å². The van der Waals surface area contributed by atoms with E-state index in [4.69, 9.17) is 0 Å². The lowest BCUT2D eigenvalue weighted by Gasteiger charge is -2.23. The third-order valence-corrected chi connectivity index (χ3v) is 4.32. The molecule has 0 radical (unpaired) electrons. The SMILES string of the molecule is CN(C)CCCNC(=O)C1CSc2nccc(=O)n2C1. The molecule has 1 aromatic rings. The third-order valence-electron chi connectivity index (χ3n) is 3.17. The summed E-state index contributed by atoms with van der Waals surface area (Å²) in [5.41, 5.74) is -0.0902. The Labute approximate surface area is 122 Å². The van der Waals surface area contributed by atoms with Crippen molar-refractivity contribution in [1.82, 2.24) is 19.8 Å². The second kappa shape index (κ2) is 6.90. The number of hydrogen-bond donors (Lipinski definition) is 1. The van der Waals surface area contributed by atoms with Crippen LogP contribution in [-0.4, -0.2) is 53.3 Å². The van der Waals surface area contributed by atoms with Crippen LogP contribution in [0.2, 0.25) is 0 Å². The van der Waals surface area contributed by atoms with Gasteiger partial charge >= 0.3 is 0 Å². The fraction of sp³-hybridized carbons (Fsp3) is 0.615. The molecule has 2 rings (SSSR count). The van der Waals surface area contributed by atoms with E-state index in [-0.39, 0.29) is 17.4 Å². The predicted molar refractivity (Wildman–Crippen MR) is 78.9 cm³/mol. The molecular formula is C13H20N4O2S. The molecule has 20 heavy (non-hydrogen) atoms. The molecule has 7 heteroatoms. The zero-order chi connectivity index (χ0) is 14.5. The fourth-order valence-electron chi connectivity index (χ4n) is 2.06. The van der Waals surface area contributed by atoms with Crippen molar-refractivity contribution in [3.63, 3.8) is 0 Å². The van der Waals surface area contributed by atoms with Crippen LogP contribution in [-0.2, 0) is 11.3 Å². The summed E-state index contributed by atoms with van der Waals surface area (Å²) in [6.45, 7) is 2.05. The summed E-state index contributed by atoms with van der Waals surface area (Å²) in [5.74, 6) is 0.544. The molecule has 1 aromatic heterocycles. The van der Waals surface area contributed by atoms with E-state index >= 15 is 0 Å². The van der Waals surface area contributed by atoms with Crippen molar-refractivity contribution in [2.45, 2.75) is 18.1 Å². The van der Waals surface area contributed by atoms with Gasteiger partial charge in [0.15, 0.2) is 5.16 Å². The summed E-state index contributed by atoms with van der Waals surface area (Å²) in [6.07, 6.45) is 2.44. The number of carbonyl (C=O) groups excluding carboxylic acids is 1. The molecule has 1 atom stereocenters. The molecule has 1 N–H and O–H groups in total. The minimum absolute atomic E-state index is 0.0256. The van der Waals surface area contributed by atoms with Gasteiger partial charge in [-0.2, -0.15) is 0 Å². The van der Waals surface area contributed by atoms with Crippen molar-refractivity contribution >= 4 is 17.7 Å². The fourth-order valence-corrected chi connectivity index (χ4v) is 3.12. The van der Waals surface area contributed by atoms with Gasteiger partial charge in [-0.1, -0.05) is 11.8 Å². The number of nitrogens with one attached hydrogen (secondary N) is 1. The van der Waals surface area contributed by atoms with Crippen LogP contribution in [0, 0.1) is 5.92 Å². The van der Waals surface area contributed by atoms with Crippen LogP contribution in [0.5, 0.6) is 0 Å². The molecular weight excluding hydrogens is 276 g/mol. The van der Waals surface area contributed by atoms with Gasteiger partial charge in [0.1, 0.15) is 0 Å². The summed E-state index contributed by atoms with van der Waals surface area (Å²) >= 11 is 1.47. The summed E-state index contributed by atoms with van der Waals surface area (Å²) in [7, 11) is 4.02. The Kier molecular flexibility index (Phi) is 5.19. The van der Waals surface area contributed by atoms with Gasteiger partial charge in [-0.25, -0.2) is 4.98 Å². The number of amides is 1. The quantitative estimate of drug-likeness (QED) is 0.613. The maximum absolute atomic E-state index is 12.1. The Morgan fingerprint density at radius 2 is 2.40 bits per heavy atom. The topological polar surface area (TPSA) is 67.2 Å². The van der Waals surface area contributed by atoms with Crippen LogP contribution in [0.4, 0.5) is 0 Å². The van der Waals surface area contributed by atoms with Crippen LogP contribution in [0.25, 0.3) is 0 Å². The van der Waals surface area contributed by atoms with Crippen molar-refractivity contribution in [1.29, 1.82) is 0 Å². The van der Waals surface area contributed by atoms with Crippen molar-refractivity contribution in [3.8, 4) is 0 Å². The third kappa shape index (κ3) is 3.83. The van der Waals surface area contributed by atoms with Gasteiger partial charge in [0, 0.05) is 31.1 Å². The average molecular weight is 296 g/mol. The molecule has 6 nitrogen and oxygen atoms in total. The lowest BCUT2D eigenvalue weighted by atomic mass is 10.1. The lowest BCUT2D eigenvalue weighted by Crippen LogP contribution is -2.40. The van der Waals surface area contributed by atoms with Crippen molar-refractivity contribution in [2.24, 2.45) is 5.92 Å². The smallest absolute Gasteiger partial charge is 0.254 e. The number of hydrogen-bond acceptors (Lipinski definition) is 5. The lowest BCUT2D eigenvalue weighted by molar-refractivity contribution is -0.124. The van der Waals surface area contributed by atoms with E-state index in [1.54, 1.807) is 4.57 Å². The van der Waals surface area contributed by atoms with E-state index in [0.717, 1.165) is 13.0 Å². The van der Waals surface area contributed by atoms with Crippen LogP contribution in [0.3, 0.4) is 0 Å². The van der Waals surface area contributed by atoms with E-state index in [0.29, 0.717) is 24.0 Å². The highest BCUT2D eigenvalue weighted by molar-refractivity contribution is 7.99. The van der Waals surface area contributed by atoms with E-state index in [2.05, 4.69) is 15.2 Å². The van der Waals surface area contributed by atoms with E-state index in [9.17, 15) is 9.59 Å². The second-order valence-electron chi connectivity index (χ2n) is 5.13. The zero-order valence-corrected chi connectivity index (χ0v) is 12.7. The molecule has 1 unspecified atom stereocenters. The molecule has 1 aliphatic heterocycles. The first-order valence-corrected chi connectivity index (χ1v) is 7.67. The Hall–Kier alpha value is -1.34. The second-order valence-corrected chi connectivity index (χ2v) is 6.12. The molecule has 1 aliphatic rings. The highest BCUT2D eigenvalue weighted by Gasteiger charge is 2.25. The van der Waals surface area contributed by atoms with Crippen molar-refractivity contribution in [3.05, 3.63) is 22.6 Å². The van der Waals surface area contributed by atoms with Gasteiger partial charge in [0.25, 0.3) is 5.56 Å². The van der Waals surface area contributed by atoms with Crippen LogP contribution in [0.15, 0.2) is 22.2 Å². The first kappa shape index (κ1) is 15.1. The Balaban J connectivity index is 1.87. The largest absolute Gasteiger partial charge is 0.356 e. The standard InChI is InChI=1S/C13H20N4O2S/c1-16(2)7-3-5-14-12(19)10-8-17-11(18)4-6-15-13(17)20-9-10/h4,6,10H,3,5,7-9H2,1-2H3,(H,14,19). The van der Waals surface area contributed by atoms with Gasteiger partial charge < -0.3 is 10.2 Å². The molecule has 0 fully saturated rings. The van der Waals surface area contributed by atoms with Gasteiger partial charge in [-0.3, -0.25) is 14.2 Å². The number of aromatic nitrogens is 2. The van der Waals surface area contributed by atoms with E-state index < -0.39 is 0 Å². The van der Waals surface area contributed by atoms with Crippen LogP contribution in [0.1, 0.15) is 6.42 Å². The molecule has 0 spiro atoms. The summed E-state index contributed by atoms with van der Waals surface area (Å²) in [5, 5.41) is 3.65. The Morgan fingerprint density at radius 3 is 3.15 bits per heavy atom. The van der Waals surface area contributed by atoms with E-state index in [1.807, 2.05) is 14.1 Å². The van der Waals surface area contributed by atoms with Crippen LogP contribution >= 0.6 is 11.8 Å². The molecule has 110 valence electrons. The first-order chi connectivity index (χ1) is 9.58. The molecule has 0 bridgehead atoms. The maximum atomic E-state index is 12.1. The summed E-state index contributed by atoms with van der Waals surface area (Å²) < 4.78 is 1.58. The number of thioether (sulfide) groups is 1. The molecule has 0 saturated carbocycles. The predicted octanol–water partition coefficient (Wildman–Crippen LogP) is 0.0331. The van der Waals surface area contributed by atoms with Gasteiger partial charge in [0.05, 0.1) is 5.92 Å². The average Bonchev–Trinajstić information content (AvgIpc) is 2.43. The zero-order valence-electron chi connectivity index (χ0n) is 11.8. The maximum Gasteiger partial charge on any atom is 0.254 e. The molecule has 0 aromatic carbocycles. The van der Waals surface area contributed by atoms with Gasteiger partial charge in [0.2, 0.25) is 5.91 Å². The number of fused-ring (bicyclic) bond motifs is 1. The Morgan fingerprint density at radius 1 is 1.60 bits per heavy atom. The van der Waals surface area contributed by atoms with Crippen molar-refractivity contribution in [2.75, 3.05) is 32.9 Å². The highest BCUT2D eigenvalue weighted by atomic mass is 32.2.